The third-order valence-corrected chi connectivity index (χ3v) is 5.86. The van der Waals surface area contributed by atoms with Crippen LogP contribution in [0.3, 0.4) is 0 Å². The Morgan fingerprint density at radius 3 is 2.23 bits per heavy atom. The number of hydrogen-bond acceptors (Lipinski definition) is 4. The zero-order chi connectivity index (χ0) is 21.7. The van der Waals surface area contributed by atoms with Gasteiger partial charge < -0.3 is 20.3 Å². The maximum absolute atomic E-state index is 12.9. The number of piperidine rings is 1. The second kappa shape index (κ2) is 9.96. The van der Waals surface area contributed by atoms with Gasteiger partial charge in [-0.15, -0.1) is 0 Å². The van der Waals surface area contributed by atoms with Crippen LogP contribution in [0, 0.1) is 17.8 Å². The molecule has 30 heavy (non-hydrogen) atoms. The van der Waals surface area contributed by atoms with Crippen molar-refractivity contribution in [1.29, 1.82) is 0 Å². The minimum Gasteiger partial charge on any atom is -0.497 e. The maximum atomic E-state index is 12.9. The van der Waals surface area contributed by atoms with E-state index < -0.39 is 6.04 Å². The van der Waals surface area contributed by atoms with Crippen molar-refractivity contribution in [1.82, 2.24) is 15.5 Å². The Labute approximate surface area is 178 Å². The lowest BCUT2D eigenvalue weighted by atomic mass is 9.88. The topological polar surface area (TPSA) is 87.7 Å². The number of methoxy groups -OCH3 is 1. The van der Waals surface area contributed by atoms with E-state index in [9.17, 15) is 14.4 Å². The summed E-state index contributed by atoms with van der Waals surface area (Å²) in [5, 5.41) is 5.91. The van der Waals surface area contributed by atoms with Gasteiger partial charge in [0.15, 0.2) is 0 Å². The molecule has 0 radical (unpaired) electrons. The van der Waals surface area contributed by atoms with Crippen molar-refractivity contribution in [2.24, 2.45) is 17.8 Å². The zero-order valence-corrected chi connectivity index (χ0v) is 18.1. The second-order valence-electron chi connectivity index (χ2n) is 8.76. The highest BCUT2D eigenvalue weighted by Gasteiger charge is 2.38. The lowest BCUT2D eigenvalue weighted by Gasteiger charge is -2.36. The highest BCUT2D eigenvalue weighted by molar-refractivity contribution is 5.97. The molecule has 2 fully saturated rings. The highest BCUT2D eigenvalue weighted by Crippen LogP contribution is 2.33. The Balaban J connectivity index is 1.65. The molecule has 1 heterocycles. The maximum Gasteiger partial charge on any atom is 0.251 e. The zero-order valence-electron chi connectivity index (χ0n) is 18.1. The van der Waals surface area contributed by atoms with E-state index in [4.69, 9.17) is 4.74 Å². The average molecular weight is 416 g/mol. The molecular weight excluding hydrogens is 382 g/mol. The third-order valence-electron chi connectivity index (χ3n) is 5.86. The summed E-state index contributed by atoms with van der Waals surface area (Å²) in [4.78, 5) is 40.0. The molecule has 1 aromatic rings. The van der Waals surface area contributed by atoms with Crippen molar-refractivity contribution >= 4 is 17.7 Å². The van der Waals surface area contributed by atoms with E-state index in [0.717, 1.165) is 12.8 Å². The summed E-state index contributed by atoms with van der Waals surface area (Å²) >= 11 is 0. The molecule has 2 N–H and O–H groups in total. The van der Waals surface area contributed by atoms with Crippen LogP contribution in [0.5, 0.6) is 5.75 Å². The molecule has 1 aromatic carbocycles. The number of carbonyl (C=O) groups excluding carboxylic acids is 3. The molecule has 1 aliphatic heterocycles. The summed E-state index contributed by atoms with van der Waals surface area (Å²) in [5.41, 5.74) is 0.485. The van der Waals surface area contributed by atoms with E-state index in [-0.39, 0.29) is 29.6 Å². The molecule has 2 aliphatic rings. The van der Waals surface area contributed by atoms with Gasteiger partial charge >= 0.3 is 0 Å². The first-order valence-corrected chi connectivity index (χ1v) is 10.9. The largest absolute Gasteiger partial charge is 0.497 e. The molecule has 0 spiro atoms. The van der Waals surface area contributed by atoms with Crippen LogP contribution in [0.2, 0.25) is 0 Å². The van der Waals surface area contributed by atoms with Gasteiger partial charge in [-0.2, -0.15) is 0 Å². The van der Waals surface area contributed by atoms with Gasteiger partial charge in [0.2, 0.25) is 11.8 Å². The summed E-state index contributed by atoms with van der Waals surface area (Å²) in [7, 11) is 1.57. The lowest BCUT2D eigenvalue weighted by molar-refractivity contribution is -0.134. The fourth-order valence-electron chi connectivity index (χ4n) is 3.82. The molecule has 1 aliphatic carbocycles. The minimum absolute atomic E-state index is 0.00242. The number of nitrogens with one attached hydrogen (secondary N) is 2. The molecule has 1 saturated heterocycles. The van der Waals surface area contributed by atoms with Gasteiger partial charge in [-0.25, -0.2) is 0 Å². The van der Waals surface area contributed by atoms with E-state index in [1.807, 2.05) is 18.7 Å². The van der Waals surface area contributed by atoms with Gasteiger partial charge in [0.25, 0.3) is 5.91 Å². The first-order valence-electron chi connectivity index (χ1n) is 10.9. The van der Waals surface area contributed by atoms with Gasteiger partial charge in [-0.05, 0) is 61.8 Å². The summed E-state index contributed by atoms with van der Waals surface area (Å²) < 4.78 is 5.14. The summed E-state index contributed by atoms with van der Waals surface area (Å²) in [6.45, 7) is 5.92. The van der Waals surface area contributed by atoms with E-state index in [0.29, 0.717) is 49.7 Å². The van der Waals surface area contributed by atoms with Crippen LogP contribution in [0.25, 0.3) is 0 Å². The number of benzene rings is 1. The van der Waals surface area contributed by atoms with Crippen molar-refractivity contribution in [3.05, 3.63) is 29.8 Å². The van der Waals surface area contributed by atoms with Crippen molar-refractivity contribution in [2.45, 2.75) is 45.6 Å². The number of nitrogens with zero attached hydrogens (tertiary/aromatic N) is 1. The molecule has 1 saturated carbocycles. The van der Waals surface area contributed by atoms with E-state index >= 15 is 0 Å². The average Bonchev–Trinajstić information content (AvgIpc) is 3.61. The first-order chi connectivity index (χ1) is 14.4. The molecule has 164 valence electrons. The Bertz CT molecular complexity index is 750. The van der Waals surface area contributed by atoms with Gasteiger partial charge in [-0.1, -0.05) is 13.8 Å². The number of hydrogen-bond donors (Lipinski definition) is 2. The molecule has 0 unspecified atom stereocenters. The van der Waals surface area contributed by atoms with E-state index in [1.165, 1.54) is 0 Å². The lowest BCUT2D eigenvalue weighted by Crippen LogP contribution is -2.54. The normalized spacial score (nSPS) is 18.1. The SMILES string of the molecule is COc1ccc(C(=O)N[C@@H](C(=O)NCC(C)C)C2CCN(C(=O)C3CC3)CC2)cc1. The Morgan fingerprint density at radius 2 is 1.70 bits per heavy atom. The Morgan fingerprint density at radius 1 is 1.07 bits per heavy atom. The van der Waals surface area contributed by atoms with Crippen LogP contribution >= 0.6 is 0 Å². The fourth-order valence-corrected chi connectivity index (χ4v) is 3.82. The van der Waals surface area contributed by atoms with Crippen LogP contribution in [0.1, 0.15) is 49.9 Å². The van der Waals surface area contributed by atoms with E-state index in [1.54, 1.807) is 31.4 Å². The fraction of sp³-hybridized carbons (Fsp3) is 0.609. The predicted molar refractivity (Wildman–Crippen MR) is 114 cm³/mol. The molecule has 3 amide bonds. The monoisotopic (exact) mass is 415 g/mol. The first kappa shape index (κ1) is 22.1. The van der Waals surface area contributed by atoms with Crippen molar-refractivity contribution < 1.29 is 19.1 Å². The summed E-state index contributed by atoms with van der Waals surface area (Å²) in [6, 6.07) is 6.22. The highest BCUT2D eigenvalue weighted by atomic mass is 16.5. The van der Waals surface area contributed by atoms with Crippen LogP contribution in [-0.4, -0.2) is 55.4 Å². The summed E-state index contributed by atoms with van der Waals surface area (Å²) in [5.74, 6) is 1.02. The molecule has 7 heteroatoms. The van der Waals surface area contributed by atoms with Crippen molar-refractivity contribution in [2.75, 3.05) is 26.7 Å². The second-order valence-corrected chi connectivity index (χ2v) is 8.76. The van der Waals surface area contributed by atoms with Crippen molar-refractivity contribution in [3.63, 3.8) is 0 Å². The van der Waals surface area contributed by atoms with Gasteiger partial charge in [0.05, 0.1) is 7.11 Å². The third kappa shape index (κ3) is 5.74. The molecule has 1 atom stereocenters. The molecule has 7 nitrogen and oxygen atoms in total. The molecule has 0 aromatic heterocycles. The van der Waals surface area contributed by atoms with Gasteiger partial charge in [-0.3, -0.25) is 14.4 Å². The predicted octanol–water partition coefficient (Wildman–Crippen LogP) is 2.21. The van der Waals surface area contributed by atoms with Crippen LogP contribution in [0.4, 0.5) is 0 Å². The smallest absolute Gasteiger partial charge is 0.251 e. The Kier molecular flexibility index (Phi) is 7.34. The number of ether oxygens (including phenoxy) is 1. The van der Waals surface area contributed by atoms with Crippen LogP contribution in [-0.2, 0) is 9.59 Å². The van der Waals surface area contributed by atoms with Crippen molar-refractivity contribution in [3.8, 4) is 5.75 Å². The number of carbonyl (C=O) groups is 3. The van der Waals surface area contributed by atoms with Gasteiger partial charge in [0.1, 0.15) is 11.8 Å². The molecular formula is C23H33N3O4. The summed E-state index contributed by atoms with van der Waals surface area (Å²) in [6.07, 6.45) is 3.41. The standard InChI is InChI=1S/C23H33N3O4/c1-15(2)14-24-22(28)20(25-21(27)17-6-8-19(30-3)9-7-17)16-10-12-26(13-11-16)23(29)18-4-5-18/h6-9,15-16,18,20H,4-5,10-14H2,1-3H3,(H,24,28)(H,25,27)/t20-/m1/s1. The molecule has 0 bridgehead atoms. The van der Waals surface area contributed by atoms with Gasteiger partial charge in [0, 0.05) is 31.1 Å². The number of rotatable bonds is 8. The minimum atomic E-state index is -0.614. The Hall–Kier alpha value is -2.57. The van der Waals surface area contributed by atoms with E-state index in [2.05, 4.69) is 10.6 Å². The molecule has 3 rings (SSSR count). The van der Waals surface area contributed by atoms with Crippen LogP contribution < -0.4 is 15.4 Å². The number of likely N-dealkylation sites (tertiary alicyclic amines) is 1. The quantitative estimate of drug-likeness (QED) is 0.682. The van der Waals surface area contributed by atoms with Crippen LogP contribution in [0.15, 0.2) is 24.3 Å². The number of amides is 3.